The predicted molar refractivity (Wildman–Crippen MR) is 107 cm³/mol. The van der Waals surface area contributed by atoms with Crippen molar-refractivity contribution in [3.63, 3.8) is 0 Å². The molecule has 0 bridgehead atoms. The van der Waals surface area contributed by atoms with Gasteiger partial charge in [-0.05, 0) is 36.8 Å². The van der Waals surface area contributed by atoms with Gasteiger partial charge in [-0.1, -0.05) is 48.0 Å². The second-order valence-electron chi connectivity index (χ2n) is 7.02. The summed E-state index contributed by atoms with van der Waals surface area (Å²) in [6.07, 6.45) is 1.35. The normalized spacial score (nSPS) is 16.3. The van der Waals surface area contributed by atoms with Gasteiger partial charge in [0.1, 0.15) is 6.04 Å². The van der Waals surface area contributed by atoms with Crippen LogP contribution in [0.1, 0.15) is 28.1 Å². The van der Waals surface area contributed by atoms with E-state index in [-0.39, 0.29) is 24.6 Å². The molecule has 6 heteroatoms. The number of rotatable bonds is 5. The highest BCUT2D eigenvalue weighted by molar-refractivity contribution is 6.23. The van der Waals surface area contributed by atoms with Crippen LogP contribution in [0.4, 0.5) is 5.69 Å². The SMILES string of the molecule is Cc1ccc(N2C(=O)CC(N(Cc3ccccc3)C(=O)c3ccco3)C2=O)cc1. The molecule has 2 aromatic carbocycles. The third-order valence-electron chi connectivity index (χ3n) is 4.98. The minimum atomic E-state index is -0.887. The van der Waals surface area contributed by atoms with E-state index in [1.165, 1.54) is 11.2 Å². The van der Waals surface area contributed by atoms with Gasteiger partial charge in [0.15, 0.2) is 5.76 Å². The second-order valence-corrected chi connectivity index (χ2v) is 7.02. The Morgan fingerprint density at radius 2 is 1.76 bits per heavy atom. The summed E-state index contributed by atoms with van der Waals surface area (Å²) in [7, 11) is 0. The molecule has 1 aromatic heterocycles. The molecule has 1 atom stereocenters. The predicted octanol–water partition coefficient (Wildman–Crippen LogP) is 3.56. The van der Waals surface area contributed by atoms with Crippen LogP contribution in [-0.4, -0.2) is 28.7 Å². The van der Waals surface area contributed by atoms with Crippen LogP contribution in [0.5, 0.6) is 0 Å². The maximum atomic E-state index is 13.2. The Kier molecular flexibility index (Phi) is 4.99. The van der Waals surface area contributed by atoms with Gasteiger partial charge in [0.25, 0.3) is 11.8 Å². The average Bonchev–Trinajstić information content (AvgIpc) is 3.36. The van der Waals surface area contributed by atoms with Crippen molar-refractivity contribution in [2.75, 3.05) is 4.90 Å². The van der Waals surface area contributed by atoms with E-state index >= 15 is 0 Å². The van der Waals surface area contributed by atoms with Crippen molar-refractivity contribution in [1.82, 2.24) is 4.90 Å². The fraction of sp³-hybridized carbons (Fsp3) is 0.174. The van der Waals surface area contributed by atoms with Crippen molar-refractivity contribution in [2.24, 2.45) is 0 Å². The molecular weight excluding hydrogens is 368 g/mol. The lowest BCUT2D eigenvalue weighted by molar-refractivity contribution is -0.122. The zero-order valence-electron chi connectivity index (χ0n) is 15.9. The number of carbonyl (C=O) groups excluding carboxylic acids is 3. The lowest BCUT2D eigenvalue weighted by Crippen LogP contribution is -2.45. The molecule has 1 aliphatic heterocycles. The summed E-state index contributed by atoms with van der Waals surface area (Å²) in [6.45, 7) is 2.13. The molecule has 2 heterocycles. The van der Waals surface area contributed by atoms with Crippen molar-refractivity contribution in [1.29, 1.82) is 0 Å². The molecule has 0 N–H and O–H groups in total. The van der Waals surface area contributed by atoms with Gasteiger partial charge >= 0.3 is 0 Å². The smallest absolute Gasteiger partial charge is 0.290 e. The van der Waals surface area contributed by atoms with E-state index in [0.717, 1.165) is 16.0 Å². The maximum absolute atomic E-state index is 13.2. The van der Waals surface area contributed by atoms with Gasteiger partial charge in [0.2, 0.25) is 5.91 Å². The number of aryl methyl sites for hydroxylation is 1. The summed E-state index contributed by atoms with van der Waals surface area (Å²) < 4.78 is 5.26. The molecule has 1 unspecified atom stereocenters. The number of anilines is 1. The molecule has 0 radical (unpaired) electrons. The summed E-state index contributed by atoms with van der Waals surface area (Å²) in [4.78, 5) is 41.5. The summed E-state index contributed by atoms with van der Waals surface area (Å²) in [5.41, 5.74) is 2.41. The van der Waals surface area contributed by atoms with E-state index in [9.17, 15) is 14.4 Å². The first kappa shape index (κ1) is 18.7. The summed E-state index contributed by atoms with van der Waals surface area (Å²) in [6, 6.07) is 18.8. The van der Waals surface area contributed by atoms with Gasteiger partial charge in [0, 0.05) is 6.54 Å². The van der Waals surface area contributed by atoms with Crippen LogP contribution in [0.2, 0.25) is 0 Å². The number of amides is 3. The maximum Gasteiger partial charge on any atom is 0.290 e. The van der Waals surface area contributed by atoms with E-state index in [0.29, 0.717) is 5.69 Å². The van der Waals surface area contributed by atoms with E-state index in [4.69, 9.17) is 4.42 Å². The first-order valence-electron chi connectivity index (χ1n) is 9.36. The van der Waals surface area contributed by atoms with Crippen molar-refractivity contribution in [3.8, 4) is 0 Å². The number of benzene rings is 2. The van der Waals surface area contributed by atoms with Gasteiger partial charge in [-0.3, -0.25) is 14.4 Å². The number of hydrogen-bond acceptors (Lipinski definition) is 4. The molecule has 29 heavy (non-hydrogen) atoms. The Bertz CT molecular complexity index is 1030. The Hall–Kier alpha value is -3.67. The zero-order chi connectivity index (χ0) is 20.4. The molecule has 3 aromatic rings. The molecule has 6 nitrogen and oxygen atoms in total. The van der Waals surface area contributed by atoms with E-state index < -0.39 is 17.9 Å². The van der Waals surface area contributed by atoms with Crippen molar-refractivity contribution < 1.29 is 18.8 Å². The Morgan fingerprint density at radius 3 is 2.41 bits per heavy atom. The quantitative estimate of drug-likeness (QED) is 0.627. The third-order valence-corrected chi connectivity index (χ3v) is 4.98. The van der Waals surface area contributed by atoms with E-state index in [1.54, 1.807) is 24.3 Å². The fourth-order valence-corrected chi connectivity index (χ4v) is 3.47. The second kappa shape index (κ2) is 7.75. The molecule has 3 amide bonds. The molecule has 0 spiro atoms. The molecule has 1 aliphatic rings. The van der Waals surface area contributed by atoms with Crippen LogP contribution < -0.4 is 4.90 Å². The van der Waals surface area contributed by atoms with Crippen LogP contribution in [0.25, 0.3) is 0 Å². The van der Waals surface area contributed by atoms with Gasteiger partial charge < -0.3 is 9.32 Å². The number of nitrogens with zero attached hydrogens (tertiary/aromatic N) is 2. The topological polar surface area (TPSA) is 70.8 Å². The molecule has 0 aliphatic carbocycles. The highest BCUT2D eigenvalue weighted by atomic mass is 16.3. The lowest BCUT2D eigenvalue weighted by atomic mass is 10.1. The zero-order valence-corrected chi connectivity index (χ0v) is 15.9. The molecule has 0 saturated carbocycles. The van der Waals surface area contributed by atoms with Crippen molar-refractivity contribution in [3.05, 3.63) is 89.9 Å². The third kappa shape index (κ3) is 3.69. The molecular formula is C23H20N2O4. The Labute approximate surface area is 168 Å². The largest absolute Gasteiger partial charge is 0.459 e. The number of hydrogen-bond donors (Lipinski definition) is 0. The molecule has 1 saturated heterocycles. The number of imide groups is 1. The monoisotopic (exact) mass is 388 g/mol. The van der Waals surface area contributed by atoms with Crippen LogP contribution in [-0.2, 0) is 16.1 Å². The molecule has 4 rings (SSSR count). The Balaban J connectivity index is 1.66. The summed E-state index contributed by atoms with van der Waals surface area (Å²) >= 11 is 0. The van der Waals surface area contributed by atoms with Crippen molar-refractivity contribution >= 4 is 23.4 Å². The standard InChI is InChI=1S/C23H20N2O4/c1-16-9-11-18(12-10-16)25-21(26)14-19(22(25)27)24(15-17-6-3-2-4-7-17)23(28)20-8-5-13-29-20/h2-13,19H,14-15H2,1H3. The minimum Gasteiger partial charge on any atom is -0.459 e. The van der Waals surface area contributed by atoms with Crippen LogP contribution in [0, 0.1) is 6.92 Å². The van der Waals surface area contributed by atoms with Crippen LogP contribution in [0.3, 0.4) is 0 Å². The first-order valence-corrected chi connectivity index (χ1v) is 9.36. The molecule has 1 fully saturated rings. The highest BCUT2D eigenvalue weighted by Gasteiger charge is 2.44. The average molecular weight is 388 g/mol. The minimum absolute atomic E-state index is 0.0635. The summed E-state index contributed by atoms with van der Waals surface area (Å²) in [5.74, 6) is -1.02. The van der Waals surface area contributed by atoms with Gasteiger partial charge in [-0.15, -0.1) is 0 Å². The first-order chi connectivity index (χ1) is 14.0. The number of furan rings is 1. The number of carbonyl (C=O) groups is 3. The fourth-order valence-electron chi connectivity index (χ4n) is 3.47. The Morgan fingerprint density at radius 1 is 1.03 bits per heavy atom. The van der Waals surface area contributed by atoms with Gasteiger partial charge in [-0.25, -0.2) is 4.90 Å². The summed E-state index contributed by atoms with van der Waals surface area (Å²) in [5, 5.41) is 0. The van der Waals surface area contributed by atoms with E-state index in [1.807, 2.05) is 49.4 Å². The van der Waals surface area contributed by atoms with Gasteiger partial charge in [0.05, 0.1) is 18.4 Å². The highest BCUT2D eigenvalue weighted by Crippen LogP contribution is 2.28. The van der Waals surface area contributed by atoms with Crippen LogP contribution in [0.15, 0.2) is 77.4 Å². The molecule has 146 valence electrons. The lowest BCUT2D eigenvalue weighted by Gasteiger charge is -2.27. The van der Waals surface area contributed by atoms with Gasteiger partial charge in [-0.2, -0.15) is 0 Å². The van der Waals surface area contributed by atoms with Crippen LogP contribution >= 0.6 is 0 Å². The van der Waals surface area contributed by atoms with Crippen molar-refractivity contribution in [2.45, 2.75) is 25.9 Å². The van der Waals surface area contributed by atoms with E-state index in [2.05, 4.69) is 0 Å².